The van der Waals surface area contributed by atoms with E-state index >= 15 is 0 Å². The molecular formula is C14H18N2O3. The van der Waals surface area contributed by atoms with Gasteiger partial charge in [0.25, 0.3) is 0 Å². The molecule has 1 aliphatic rings. The number of hydrogen-bond donors (Lipinski definition) is 3. The maximum Gasteiger partial charge on any atom is 0.336 e. The Hall–Kier alpha value is -1.88. The molecule has 0 radical (unpaired) electrons. The molecule has 1 atom stereocenters. The van der Waals surface area contributed by atoms with Gasteiger partial charge in [-0.25, -0.2) is 4.79 Å². The predicted molar refractivity (Wildman–Crippen MR) is 72.4 cm³/mol. The van der Waals surface area contributed by atoms with Crippen LogP contribution >= 0.6 is 0 Å². The zero-order valence-electron chi connectivity index (χ0n) is 10.9. The molecule has 5 nitrogen and oxygen atoms in total. The molecule has 1 aliphatic heterocycles. The Morgan fingerprint density at radius 1 is 1.37 bits per heavy atom. The van der Waals surface area contributed by atoms with Crippen LogP contribution < -0.4 is 10.6 Å². The van der Waals surface area contributed by atoms with Gasteiger partial charge in [-0.3, -0.25) is 4.79 Å². The molecular weight excluding hydrogens is 244 g/mol. The molecule has 0 saturated carbocycles. The lowest BCUT2D eigenvalue weighted by molar-refractivity contribution is -0.118. The minimum absolute atomic E-state index is 0.0973. The third-order valence-electron chi connectivity index (χ3n) is 3.36. The summed E-state index contributed by atoms with van der Waals surface area (Å²) >= 11 is 0. The van der Waals surface area contributed by atoms with Gasteiger partial charge < -0.3 is 15.7 Å². The van der Waals surface area contributed by atoms with E-state index < -0.39 is 5.97 Å². The number of benzene rings is 1. The van der Waals surface area contributed by atoms with Crippen molar-refractivity contribution in [3.63, 3.8) is 0 Å². The highest BCUT2D eigenvalue weighted by molar-refractivity contribution is 5.97. The highest BCUT2D eigenvalue weighted by Gasteiger charge is 2.20. The number of nitrogens with one attached hydrogen (secondary N) is 2. The van der Waals surface area contributed by atoms with Gasteiger partial charge in [0.05, 0.1) is 11.6 Å². The normalized spacial score (nSPS) is 18.9. The van der Waals surface area contributed by atoms with E-state index in [1.165, 1.54) is 6.07 Å². The summed E-state index contributed by atoms with van der Waals surface area (Å²) < 4.78 is 0. The van der Waals surface area contributed by atoms with E-state index in [0.717, 1.165) is 25.8 Å². The zero-order valence-corrected chi connectivity index (χ0v) is 10.9. The first-order chi connectivity index (χ1) is 9.08. The summed E-state index contributed by atoms with van der Waals surface area (Å²) in [4.78, 5) is 23.0. The summed E-state index contributed by atoms with van der Waals surface area (Å²) in [6.07, 6.45) is 2.96. The molecule has 5 heteroatoms. The largest absolute Gasteiger partial charge is 0.478 e. The van der Waals surface area contributed by atoms with Crippen molar-refractivity contribution in [3.05, 3.63) is 29.3 Å². The Balaban J connectivity index is 2.08. The summed E-state index contributed by atoms with van der Waals surface area (Å²) in [6.45, 7) is 2.59. The van der Waals surface area contributed by atoms with Crippen LogP contribution in [0.25, 0.3) is 0 Å². The number of carboxylic acids is 1. The lowest BCUT2D eigenvalue weighted by Gasteiger charge is -2.22. The average Bonchev–Trinajstić information content (AvgIpc) is 2.41. The quantitative estimate of drug-likeness (QED) is 0.775. The number of rotatable bonds is 3. The first-order valence-electron chi connectivity index (χ1n) is 6.46. The van der Waals surface area contributed by atoms with Crippen molar-refractivity contribution in [3.8, 4) is 0 Å². The van der Waals surface area contributed by atoms with Crippen LogP contribution in [0.5, 0.6) is 0 Å². The molecule has 3 N–H and O–H groups in total. The van der Waals surface area contributed by atoms with Crippen LogP contribution in [0.15, 0.2) is 18.2 Å². The van der Waals surface area contributed by atoms with Crippen molar-refractivity contribution in [1.29, 1.82) is 0 Å². The Bertz CT molecular complexity index is 493. The summed E-state index contributed by atoms with van der Waals surface area (Å²) in [5, 5.41) is 15.0. The van der Waals surface area contributed by atoms with Gasteiger partial charge in [-0.1, -0.05) is 12.5 Å². The Kier molecular flexibility index (Phi) is 4.16. The van der Waals surface area contributed by atoms with Crippen LogP contribution in [-0.2, 0) is 4.79 Å². The predicted octanol–water partition coefficient (Wildman–Crippen LogP) is 1.77. The van der Waals surface area contributed by atoms with Crippen molar-refractivity contribution in [2.45, 2.75) is 32.2 Å². The number of hydrogen-bond acceptors (Lipinski definition) is 3. The van der Waals surface area contributed by atoms with Crippen molar-refractivity contribution < 1.29 is 14.7 Å². The molecule has 1 heterocycles. The third-order valence-corrected chi connectivity index (χ3v) is 3.36. The summed E-state index contributed by atoms with van der Waals surface area (Å²) in [7, 11) is 0. The van der Waals surface area contributed by atoms with Crippen LogP contribution in [0.1, 0.15) is 35.2 Å². The summed E-state index contributed by atoms with van der Waals surface area (Å²) in [5.74, 6) is -1.08. The highest BCUT2D eigenvalue weighted by Crippen LogP contribution is 2.16. The van der Waals surface area contributed by atoms with E-state index in [2.05, 4.69) is 10.6 Å². The molecule has 0 aromatic heterocycles. The Morgan fingerprint density at radius 2 is 2.16 bits per heavy atom. The SMILES string of the molecule is Cc1ccc(NC(=O)C2CCCCN2)cc1C(=O)O. The molecule has 1 amide bonds. The van der Waals surface area contributed by atoms with Crippen LogP contribution in [0.4, 0.5) is 5.69 Å². The summed E-state index contributed by atoms with van der Waals surface area (Å²) in [6, 6.07) is 4.75. The van der Waals surface area contributed by atoms with Crippen LogP contribution in [0.2, 0.25) is 0 Å². The Labute approximate surface area is 112 Å². The van der Waals surface area contributed by atoms with Crippen LogP contribution in [-0.4, -0.2) is 29.6 Å². The van der Waals surface area contributed by atoms with E-state index in [1.807, 2.05) is 0 Å². The number of anilines is 1. The first kappa shape index (κ1) is 13.5. The van der Waals surface area contributed by atoms with E-state index in [0.29, 0.717) is 11.3 Å². The monoisotopic (exact) mass is 262 g/mol. The zero-order chi connectivity index (χ0) is 13.8. The van der Waals surface area contributed by atoms with E-state index in [-0.39, 0.29) is 17.5 Å². The molecule has 19 heavy (non-hydrogen) atoms. The van der Waals surface area contributed by atoms with Gasteiger partial charge in [-0.2, -0.15) is 0 Å². The molecule has 1 unspecified atom stereocenters. The van der Waals surface area contributed by atoms with Crippen LogP contribution in [0.3, 0.4) is 0 Å². The van der Waals surface area contributed by atoms with E-state index in [1.54, 1.807) is 19.1 Å². The lowest BCUT2D eigenvalue weighted by Crippen LogP contribution is -2.43. The number of carbonyl (C=O) groups is 2. The fourth-order valence-corrected chi connectivity index (χ4v) is 2.24. The summed E-state index contributed by atoms with van der Waals surface area (Å²) in [5.41, 5.74) is 1.43. The van der Waals surface area contributed by atoms with Gasteiger partial charge in [-0.15, -0.1) is 0 Å². The molecule has 102 valence electrons. The number of amides is 1. The molecule has 1 fully saturated rings. The standard InChI is InChI=1S/C14H18N2O3/c1-9-5-6-10(8-11(9)14(18)19)16-13(17)12-4-2-3-7-15-12/h5-6,8,12,15H,2-4,7H2,1H3,(H,16,17)(H,18,19). The lowest BCUT2D eigenvalue weighted by atomic mass is 10.0. The number of aromatic carboxylic acids is 1. The van der Waals surface area contributed by atoms with Crippen molar-refractivity contribution in [2.75, 3.05) is 11.9 Å². The second-order valence-electron chi connectivity index (χ2n) is 4.83. The van der Waals surface area contributed by atoms with Gasteiger partial charge in [0.15, 0.2) is 0 Å². The fraction of sp³-hybridized carbons (Fsp3) is 0.429. The van der Waals surface area contributed by atoms with Gasteiger partial charge >= 0.3 is 5.97 Å². The maximum absolute atomic E-state index is 12.0. The average molecular weight is 262 g/mol. The molecule has 0 aliphatic carbocycles. The van der Waals surface area contributed by atoms with Gasteiger partial charge in [-0.05, 0) is 44.0 Å². The number of piperidine rings is 1. The number of carboxylic acid groups (broad SMARTS) is 1. The molecule has 1 aromatic rings. The molecule has 1 saturated heterocycles. The van der Waals surface area contributed by atoms with Crippen molar-refractivity contribution in [2.24, 2.45) is 0 Å². The second kappa shape index (κ2) is 5.84. The Morgan fingerprint density at radius 3 is 2.79 bits per heavy atom. The highest BCUT2D eigenvalue weighted by atomic mass is 16.4. The molecule has 0 spiro atoms. The smallest absolute Gasteiger partial charge is 0.336 e. The minimum Gasteiger partial charge on any atom is -0.478 e. The molecule has 1 aromatic carbocycles. The van der Waals surface area contributed by atoms with Crippen molar-refractivity contribution in [1.82, 2.24) is 5.32 Å². The first-order valence-corrected chi connectivity index (χ1v) is 6.46. The topological polar surface area (TPSA) is 78.4 Å². The van der Waals surface area contributed by atoms with Gasteiger partial charge in [0.1, 0.15) is 0 Å². The fourth-order valence-electron chi connectivity index (χ4n) is 2.24. The third kappa shape index (κ3) is 3.32. The number of carbonyl (C=O) groups excluding carboxylic acids is 1. The minimum atomic E-state index is -0.982. The van der Waals surface area contributed by atoms with Crippen molar-refractivity contribution >= 4 is 17.6 Å². The molecule has 2 rings (SSSR count). The van der Waals surface area contributed by atoms with E-state index in [4.69, 9.17) is 5.11 Å². The van der Waals surface area contributed by atoms with E-state index in [9.17, 15) is 9.59 Å². The molecule has 0 bridgehead atoms. The maximum atomic E-state index is 12.0. The van der Waals surface area contributed by atoms with Gasteiger partial charge in [0.2, 0.25) is 5.91 Å². The number of aryl methyl sites for hydroxylation is 1. The second-order valence-corrected chi connectivity index (χ2v) is 4.83. The van der Waals surface area contributed by atoms with Gasteiger partial charge in [0, 0.05) is 5.69 Å². The van der Waals surface area contributed by atoms with Crippen LogP contribution in [0, 0.1) is 6.92 Å².